The molecule has 1 aromatic rings. The highest BCUT2D eigenvalue weighted by Gasteiger charge is 2.34. The largest absolute Gasteiger partial charge is 0.381 e. The number of aryl methyl sites for hydroxylation is 2. The zero-order chi connectivity index (χ0) is 15.3. The lowest BCUT2D eigenvalue weighted by Gasteiger charge is -2.37. The molecule has 0 unspecified atom stereocenters. The normalized spacial score (nSPS) is 18.1. The van der Waals surface area contributed by atoms with Gasteiger partial charge in [-0.1, -0.05) is 13.8 Å². The lowest BCUT2D eigenvalue weighted by atomic mass is 9.76. The minimum Gasteiger partial charge on any atom is -0.381 e. The molecule has 2 rings (SSSR count). The molecule has 0 radical (unpaired) electrons. The maximum Gasteiger partial charge on any atom is 0.0766 e. The molecule has 1 aliphatic rings. The van der Waals surface area contributed by atoms with E-state index in [0.29, 0.717) is 5.41 Å². The summed E-state index contributed by atoms with van der Waals surface area (Å²) in [5.41, 5.74) is 2.79. The minimum atomic E-state index is 0.300. The van der Waals surface area contributed by atoms with Crippen molar-refractivity contribution < 1.29 is 4.74 Å². The van der Waals surface area contributed by atoms with Crippen molar-refractivity contribution in [3.8, 4) is 0 Å². The average molecular weight is 358 g/mol. The standard InChI is InChI=1S/C16H28BrN3O/c1-4-8-18-12-16(6-9-21-10-7-16)11-14-15(17)13(5-2)19-20(14)3/h18H,4-12H2,1-3H3. The summed E-state index contributed by atoms with van der Waals surface area (Å²) in [5, 5.41) is 8.26. The van der Waals surface area contributed by atoms with Gasteiger partial charge in [0.2, 0.25) is 0 Å². The molecular formula is C16H28BrN3O. The van der Waals surface area contributed by atoms with Crippen LogP contribution < -0.4 is 5.32 Å². The number of rotatable bonds is 7. The lowest BCUT2D eigenvalue weighted by Crippen LogP contribution is -2.41. The van der Waals surface area contributed by atoms with E-state index in [1.165, 1.54) is 16.6 Å². The summed E-state index contributed by atoms with van der Waals surface area (Å²) in [5.74, 6) is 0. The summed E-state index contributed by atoms with van der Waals surface area (Å²) in [4.78, 5) is 0. The highest BCUT2D eigenvalue weighted by Crippen LogP contribution is 2.36. The van der Waals surface area contributed by atoms with Gasteiger partial charge in [-0.2, -0.15) is 5.10 Å². The van der Waals surface area contributed by atoms with Gasteiger partial charge in [0, 0.05) is 26.8 Å². The van der Waals surface area contributed by atoms with Crippen LogP contribution in [0.1, 0.15) is 44.5 Å². The van der Waals surface area contributed by atoms with E-state index in [4.69, 9.17) is 4.74 Å². The first-order valence-corrected chi connectivity index (χ1v) is 8.90. The molecule has 0 aromatic carbocycles. The van der Waals surface area contributed by atoms with Crippen molar-refractivity contribution in [3.63, 3.8) is 0 Å². The third kappa shape index (κ3) is 4.08. The summed E-state index contributed by atoms with van der Waals surface area (Å²) in [7, 11) is 2.06. The van der Waals surface area contributed by atoms with E-state index in [0.717, 1.165) is 57.7 Å². The van der Waals surface area contributed by atoms with E-state index < -0.39 is 0 Å². The van der Waals surface area contributed by atoms with Gasteiger partial charge in [0.25, 0.3) is 0 Å². The Labute approximate surface area is 136 Å². The first kappa shape index (κ1) is 17.0. The van der Waals surface area contributed by atoms with Crippen LogP contribution in [0.2, 0.25) is 0 Å². The molecule has 1 aromatic heterocycles. The Hall–Kier alpha value is -0.390. The Kier molecular flexibility index (Phi) is 6.26. The Morgan fingerprint density at radius 2 is 2.05 bits per heavy atom. The lowest BCUT2D eigenvalue weighted by molar-refractivity contribution is 0.0141. The van der Waals surface area contributed by atoms with Crippen LogP contribution >= 0.6 is 15.9 Å². The minimum absolute atomic E-state index is 0.300. The van der Waals surface area contributed by atoms with Gasteiger partial charge in [-0.05, 0) is 60.0 Å². The predicted molar refractivity (Wildman–Crippen MR) is 89.6 cm³/mol. The predicted octanol–water partition coefficient (Wildman–Crippen LogP) is 3.08. The van der Waals surface area contributed by atoms with E-state index >= 15 is 0 Å². The fourth-order valence-corrected chi connectivity index (χ4v) is 3.87. The zero-order valence-corrected chi connectivity index (χ0v) is 15.1. The second-order valence-corrected chi connectivity index (χ2v) is 6.94. The van der Waals surface area contributed by atoms with Gasteiger partial charge in [0.15, 0.2) is 0 Å². The molecule has 0 aliphatic carbocycles. The number of hydrogen-bond acceptors (Lipinski definition) is 3. The maximum atomic E-state index is 5.59. The number of aromatic nitrogens is 2. The van der Waals surface area contributed by atoms with Gasteiger partial charge in [0.1, 0.15) is 0 Å². The zero-order valence-electron chi connectivity index (χ0n) is 13.5. The van der Waals surface area contributed by atoms with Gasteiger partial charge >= 0.3 is 0 Å². The molecule has 0 bridgehead atoms. The summed E-state index contributed by atoms with van der Waals surface area (Å²) in [6.07, 6.45) is 5.48. The highest BCUT2D eigenvalue weighted by atomic mass is 79.9. The van der Waals surface area contributed by atoms with Crippen molar-refractivity contribution in [3.05, 3.63) is 15.9 Å². The molecule has 5 heteroatoms. The van der Waals surface area contributed by atoms with Crippen molar-refractivity contribution in [2.45, 2.75) is 46.0 Å². The molecule has 1 saturated heterocycles. The molecule has 0 amide bonds. The van der Waals surface area contributed by atoms with Gasteiger partial charge in [-0.25, -0.2) is 0 Å². The third-order valence-electron chi connectivity index (χ3n) is 4.53. The van der Waals surface area contributed by atoms with Crippen LogP contribution in [0.5, 0.6) is 0 Å². The van der Waals surface area contributed by atoms with E-state index in [9.17, 15) is 0 Å². The number of halogens is 1. The van der Waals surface area contributed by atoms with Crippen molar-refractivity contribution in [1.29, 1.82) is 0 Å². The Morgan fingerprint density at radius 3 is 2.62 bits per heavy atom. The van der Waals surface area contributed by atoms with Crippen LogP contribution in [0.4, 0.5) is 0 Å². The Balaban J connectivity index is 2.16. The second-order valence-electron chi connectivity index (χ2n) is 6.15. The summed E-state index contributed by atoms with van der Waals surface area (Å²) >= 11 is 3.76. The summed E-state index contributed by atoms with van der Waals surface area (Å²) < 4.78 is 8.85. The summed E-state index contributed by atoms with van der Waals surface area (Å²) in [6, 6.07) is 0. The van der Waals surface area contributed by atoms with Gasteiger partial charge in [0.05, 0.1) is 15.9 Å². The first-order valence-electron chi connectivity index (χ1n) is 8.10. The third-order valence-corrected chi connectivity index (χ3v) is 5.44. The van der Waals surface area contributed by atoms with E-state index in [-0.39, 0.29) is 0 Å². The van der Waals surface area contributed by atoms with E-state index in [1.54, 1.807) is 0 Å². The van der Waals surface area contributed by atoms with Crippen LogP contribution in [0.15, 0.2) is 4.47 Å². The molecule has 0 saturated carbocycles. The number of nitrogens with one attached hydrogen (secondary N) is 1. The van der Waals surface area contributed by atoms with Gasteiger partial charge in [-0.3, -0.25) is 4.68 Å². The Bertz CT molecular complexity index is 453. The monoisotopic (exact) mass is 357 g/mol. The highest BCUT2D eigenvalue weighted by molar-refractivity contribution is 9.10. The second kappa shape index (κ2) is 7.75. The van der Waals surface area contributed by atoms with Crippen LogP contribution in [0.25, 0.3) is 0 Å². The van der Waals surface area contributed by atoms with Crippen LogP contribution in [0, 0.1) is 5.41 Å². The average Bonchev–Trinajstić information content (AvgIpc) is 2.76. The first-order chi connectivity index (χ1) is 10.1. The molecule has 0 atom stereocenters. The summed E-state index contributed by atoms with van der Waals surface area (Å²) in [6.45, 7) is 8.30. The van der Waals surface area contributed by atoms with Crippen molar-refractivity contribution in [1.82, 2.24) is 15.1 Å². The molecule has 0 spiro atoms. The molecule has 120 valence electrons. The molecular weight excluding hydrogens is 330 g/mol. The van der Waals surface area contributed by atoms with Crippen LogP contribution in [0.3, 0.4) is 0 Å². The Morgan fingerprint density at radius 1 is 1.33 bits per heavy atom. The van der Waals surface area contributed by atoms with Crippen LogP contribution in [-0.4, -0.2) is 36.1 Å². The van der Waals surface area contributed by atoms with Crippen molar-refractivity contribution >= 4 is 15.9 Å². The fourth-order valence-electron chi connectivity index (χ4n) is 3.12. The van der Waals surface area contributed by atoms with Gasteiger partial charge in [-0.15, -0.1) is 0 Å². The number of nitrogens with zero attached hydrogens (tertiary/aromatic N) is 2. The topological polar surface area (TPSA) is 39.1 Å². The van der Waals surface area contributed by atoms with Crippen LogP contribution in [-0.2, 0) is 24.6 Å². The quantitative estimate of drug-likeness (QED) is 0.762. The smallest absolute Gasteiger partial charge is 0.0766 e. The SMILES string of the molecule is CCCNCC1(Cc2c(Br)c(CC)nn2C)CCOCC1. The molecule has 21 heavy (non-hydrogen) atoms. The molecule has 1 aliphatic heterocycles. The molecule has 2 heterocycles. The van der Waals surface area contributed by atoms with Gasteiger partial charge < -0.3 is 10.1 Å². The fraction of sp³-hybridized carbons (Fsp3) is 0.812. The number of ether oxygens (including phenoxy) is 1. The molecule has 1 fully saturated rings. The number of hydrogen-bond donors (Lipinski definition) is 1. The van der Waals surface area contributed by atoms with E-state index in [1.807, 2.05) is 0 Å². The molecule has 1 N–H and O–H groups in total. The van der Waals surface area contributed by atoms with E-state index in [2.05, 4.69) is 51.9 Å². The van der Waals surface area contributed by atoms with Crippen molar-refractivity contribution in [2.75, 3.05) is 26.3 Å². The van der Waals surface area contributed by atoms with Crippen molar-refractivity contribution in [2.24, 2.45) is 12.5 Å². The maximum absolute atomic E-state index is 5.59. The molecule has 4 nitrogen and oxygen atoms in total.